The molecule has 0 fully saturated rings. The zero-order valence-electron chi connectivity index (χ0n) is 12.6. The van der Waals surface area contributed by atoms with Gasteiger partial charge >= 0.3 is 15.6 Å². The molecule has 3 rings (SSSR count). The highest BCUT2D eigenvalue weighted by Gasteiger charge is 2.48. The van der Waals surface area contributed by atoms with Crippen LogP contribution in [0.2, 0.25) is 0 Å². The molecule has 10 heteroatoms. The van der Waals surface area contributed by atoms with Gasteiger partial charge in [-0.25, -0.2) is 8.78 Å². The van der Waals surface area contributed by atoms with Crippen LogP contribution in [-0.4, -0.2) is 18.9 Å². The number of hydrogen-bond acceptors (Lipinski definition) is 4. The molecule has 0 radical (unpaired) electrons. The summed E-state index contributed by atoms with van der Waals surface area (Å²) in [7, 11) is -5.90. The first-order chi connectivity index (χ1) is 12.1. The maximum atomic E-state index is 14.1. The molecular formula is C16H8F5NO3S. The fourth-order valence-electron chi connectivity index (χ4n) is 2.34. The van der Waals surface area contributed by atoms with Crippen molar-refractivity contribution in [1.82, 2.24) is 4.98 Å². The van der Waals surface area contributed by atoms with Crippen molar-refractivity contribution >= 4 is 20.9 Å². The normalized spacial score (nSPS) is 12.3. The number of alkyl halides is 3. The zero-order chi connectivity index (χ0) is 19.1. The summed E-state index contributed by atoms with van der Waals surface area (Å²) in [6.45, 7) is 0. The Kier molecular flexibility index (Phi) is 4.31. The molecule has 26 heavy (non-hydrogen) atoms. The third-order valence-electron chi connectivity index (χ3n) is 3.47. The lowest BCUT2D eigenvalue weighted by Gasteiger charge is -2.13. The van der Waals surface area contributed by atoms with E-state index in [-0.39, 0.29) is 21.9 Å². The second-order valence-electron chi connectivity index (χ2n) is 5.15. The molecule has 0 saturated carbocycles. The van der Waals surface area contributed by atoms with Crippen molar-refractivity contribution in [2.75, 3.05) is 0 Å². The van der Waals surface area contributed by atoms with Crippen molar-refractivity contribution in [1.29, 1.82) is 0 Å². The van der Waals surface area contributed by atoms with Gasteiger partial charge in [0.1, 0.15) is 11.6 Å². The third-order valence-corrected chi connectivity index (χ3v) is 4.44. The quantitative estimate of drug-likeness (QED) is 0.378. The molecule has 0 aliphatic rings. The number of nitrogens with zero attached hydrogens (tertiary/aromatic N) is 1. The molecule has 3 aromatic rings. The molecule has 0 unspecified atom stereocenters. The van der Waals surface area contributed by atoms with E-state index >= 15 is 0 Å². The minimum Gasteiger partial charge on any atom is -0.374 e. The molecule has 0 amide bonds. The molecule has 0 spiro atoms. The standard InChI is InChI=1S/C16H8F5NO3S/c17-9-4-5-11(14(18)6-9)10-2-1-3-12-13(10)7-22-8-15(12)25-26(23,24)16(19,20)21/h1-8H. The first kappa shape index (κ1) is 18.1. The van der Waals surface area contributed by atoms with E-state index in [0.717, 1.165) is 18.3 Å². The first-order valence-electron chi connectivity index (χ1n) is 6.93. The molecular weight excluding hydrogens is 381 g/mol. The Bertz CT molecular complexity index is 1100. The largest absolute Gasteiger partial charge is 0.534 e. The zero-order valence-corrected chi connectivity index (χ0v) is 13.4. The van der Waals surface area contributed by atoms with E-state index in [1.165, 1.54) is 24.4 Å². The Morgan fingerprint density at radius 3 is 2.31 bits per heavy atom. The summed E-state index contributed by atoms with van der Waals surface area (Å²) < 4.78 is 91.4. The molecule has 0 N–H and O–H groups in total. The maximum Gasteiger partial charge on any atom is 0.534 e. The van der Waals surface area contributed by atoms with Crippen LogP contribution in [-0.2, 0) is 10.1 Å². The van der Waals surface area contributed by atoms with Crippen LogP contribution in [0.1, 0.15) is 0 Å². The van der Waals surface area contributed by atoms with E-state index in [1.807, 2.05) is 0 Å². The van der Waals surface area contributed by atoms with Crippen LogP contribution in [0.15, 0.2) is 48.8 Å². The van der Waals surface area contributed by atoms with E-state index in [9.17, 15) is 30.4 Å². The average Bonchev–Trinajstić information content (AvgIpc) is 2.54. The SMILES string of the molecule is O=S(=O)(Oc1cncc2c(-c3ccc(F)cc3F)cccc12)C(F)(F)F. The lowest BCUT2D eigenvalue weighted by atomic mass is 9.99. The summed E-state index contributed by atoms with van der Waals surface area (Å²) in [4.78, 5) is 3.66. The van der Waals surface area contributed by atoms with Gasteiger partial charge < -0.3 is 4.18 Å². The summed E-state index contributed by atoms with van der Waals surface area (Å²) >= 11 is 0. The van der Waals surface area contributed by atoms with Crippen molar-refractivity contribution in [3.63, 3.8) is 0 Å². The molecule has 136 valence electrons. The number of rotatable bonds is 3. The molecule has 1 aromatic heterocycles. The topological polar surface area (TPSA) is 56.3 Å². The van der Waals surface area contributed by atoms with Crippen molar-refractivity contribution in [3.05, 3.63) is 60.4 Å². The first-order valence-corrected chi connectivity index (χ1v) is 8.34. The van der Waals surface area contributed by atoms with Gasteiger partial charge in [0.2, 0.25) is 0 Å². The maximum absolute atomic E-state index is 14.1. The van der Waals surface area contributed by atoms with Crippen LogP contribution in [0.25, 0.3) is 21.9 Å². The number of hydrogen-bond donors (Lipinski definition) is 0. The third kappa shape index (κ3) is 3.19. The smallest absolute Gasteiger partial charge is 0.374 e. The highest BCUT2D eigenvalue weighted by atomic mass is 32.2. The molecule has 1 heterocycles. The summed E-state index contributed by atoms with van der Waals surface area (Å²) in [5.41, 5.74) is -5.47. The second-order valence-corrected chi connectivity index (χ2v) is 6.68. The van der Waals surface area contributed by atoms with Gasteiger partial charge in [0.25, 0.3) is 0 Å². The van der Waals surface area contributed by atoms with E-state index in [2.05, 4.69) is 9.17 Å². The van der Waals surface area contributed by atoms with Crippen molar-refractivity contribution in [2.45, 2.75) is 5.51 Å². The minimum atomic E-state index is -5.90. The van der Waals surface area contributed by atoms with Crippen LogP contribution < -0.4 is 4.18 Å². The number of aromatic nitrogens is 1. The van der Waals surface area contributed by atoms with E-state index in [4.69, 9.17) is 0 Å². The second kappa shape index (κ2) is 6.20. The number of benzene rings is 2. The van der Waals surface area contributed by atoms with Crippen LogP contribution in [0.5, 0.6) is 5.75 Å². The fourth-order valence-corrected chi connectivity index (χ4v) is 2.81. The Morgan fingerprint density at radius 1 is 0.923 bits per heavy atom. The Hall–Kier alpha value is -2.75. The van der Waals surface area contributed by atoms with Crippen molar-refractivity contribution in [2.24, 2.45) is 0 Å². The minimum absolute atomic E-state index is 0.0328. The van der Waals surface area contributed by atoms with E-state index in [1.54, 1.807) is 0 Å². The monoisotopic (exact) mass is 389 g/mol. The summed E-state index contributed by atoms with van der Waals surface area (Å²) in [5, 5.41) is 0.0990. The molecule has 4 nitrogen and oxygen atoms in total. The summed E-state index contributed by atoms with van der Waals surface area (Å²) in [5.74, 6) is -2.36. The summed E-state index contributed by atoms with van der Waals surface area (Å²) in [6.07, 6.45) is 2.01. The van der Waals surface area contributed by atoms with Crippen LogP contribution in [0, 0.1) is 11.6 Å². The van der Waals surface area contributed by atoms with Gasteiger partial charge in [-0.05, 0) is 17.7 Å². The van der Waals surface area contributed by atoms with Gasteiger partial charge in [-0.3, -0.25) is 4.98 Å². The van der Waals surface area contributed by atoms with Gasteiger partial charge in [-0.15, -0.1) is 0 Å². The number of halogens is 5. The van der Waals surface area contributed by atoms with Crippen LogP contribution >= 0.6 is 0 Å². The Balaban J connectivity index is 2.19. The molecule has 2 aromatic carbocycles. The molecule has 0 atom stereocenters. The van der Waals surface area contributed by atoms with Crippen LogP contribution in [0.3, 0.4) is 0 Å². The van der Waals surface area contributed by atoms with E-state index < -0.39 is 33.0 Å². The highest BCUT2D eigenvalue weighted by Crippen LogP contribution is 2.36. The Morgan fingerprint density at radius 2 is 1.65 bits per heavy atom. The Labute approximate surface area is 144 Å². The summed E-state index contributed by atoms with van der Waals surface area (Å²) in [6, 6.07) is 6.91. The number of fused-ring (bicyclic) bond motifs is 1. The molecule has 0 aliphatic heterocycles. The van der Waals surface area contributed by atoms with Crippen LogP contribution in [0.4, 0.5) is 22.0 Å². The average molecular weight is 389 g/mol. The van der Waals surface area contributed by atoms with Crippen molar-refractivity contribution < 1.29 is 34.6 Å². The lowest BCUT2D eigenvalue weighted by molar-refractivity contribution is -0.0499. The molecule has 0 saturated heterocycles. The number of pyridine rings is 1. The predicted octanol–water partition coefficient (Wildman–Crippen LogP) is 4.41. The van der Waals surface area contributed by atoms with Gasteiger partial charge in [0, 0.05) is 28.6 Å². The van der Waals surface area contributed by atoms with E-state index in [0.29, 0.717) is 6.07 Å². The fraction of sp³-hybridized carbons (Fsp3) is 0.0625. The van der Waals surface area contributed by atoms with Gasteiger partial charge in [-0.1, -0.05) is 18.2 Å². The van der Waals surface area contributed by atoms with Crippen molar-refractivity contribution in [3.8, 4) is 16.9 Å². The highest BCUT2D eigenvalue weighted by molar-refractivity contribution is 7.88. The lowest BCUT2D eigenvalue weighted by Crippen LogP contribution is -2.28. The molecule has 0 bridgehead atoms. The molecule has 0 aliphatic carbocycles. The van der Waals surface area contributed by atoms with Gasteiger partial charge in [0.05, 0.1) is 6.20 Å². The van der Waals surface area contributed by atoms with Gasteiger partial charge in [0.15, 0.2) is 5.75 Å². The predicted molar refractivity (Wildman–Crippen MR) is 82.7 cm³/mol. The van der Waals surface area contributed by atoms with Gasteiger partial charge in [-0.2, -0.15) is 21.6 Å².